The van der Waals surface area contributed by atoms with Crippen LogP contribution in [-0.2, 0) is 19.4 Å². The summed E-state index contributed by atoms with van der Waals surface area (Å²) in [5, 5.41) is -0.252. The maximum absolute atomic E-state index is 12.0. The van der Waals surface area contributed by atoms with E-state index in [1.165, 1.54) is 0 Å². The van der Waals surface area contributed by atoms with Crippen molar-refractivity contribution in [3.05, 3.63) is 42.0 Å². The van der Waals surface area contributed by atoms with E-state index in [0.717, 1.165) is 31.2 Å². The fraction of sp³-hybridized carbons (Fsp3) is 0.471. The number of benzene rings is 1. The van der Waals surface area contributed by atoms with Crippen LogP contribution in [0.1, 0.15) is 37.7 Å². The summed E-state index contributed by atoms with van der Waals surface area (Å²) in [7, 11) is -3.15. The third kappa shape index (κ3) is 5.30. The molecular formula is C17H22O4S. The highest BCUT2D eigenvalue weighted by atomic mass is 32.2. The number of rotatable bonds is 7. The molecule has 0 saturated heterocycles. The predicted molar refractivity (Wildman–Crippen MR) is 87.1 cm³/mol. The van der Waals surface area contributed by atoms with Crippen molar-refractivity contribution in [3.63, 3.8) is 0 Å². The number of esters is 1. The topological polar surface area (TPSA) is 60.4 Å². The zero-order chi connectivity index (χ0) is 15.8. The van der Waals surface area contributed by atoms with Gasteiger partial charge in [-0.2, -0.15) is 0 Å². The molecule has 0 radical (unpaired) electrons. The van der Waals surface area contributed by atoms with Crippen LogP contribution in [0.3, 0.4) is 0 Å². The van der Waals surface area contributed by atoms with Gasteiger partial charge in [-0.1, -0.05) is 49.2 Å². The summed E-state index contributed by atoms with van der Waals surface area (Å²) in [6.45, 7) is 0.164. The maximum atomic E-state index is 12.0. The van der Waals surface area contributed by atoms with Gasteiger partial charge in [0.2, 0.25) is 0 Å². The van der Waals surface area contributed by atoms with Crippen LogP contribution in [0.4, 0.5) is 0 Å². The molecule has 1 aliphatic rings. The minimum atomic E-state index is -3.15. The van der Waals surface area contributed by atoms with Crippen molar-refractivity contribution in [3.8, 4) is 0 Å². The van der Waals surface area contributed by atoms with Crippen LogP contribution in [0, 0.1) is 0 Å². The van der Waals surface area contributed by atoms with Gasteiger partial charge in [-0.15, -0.1) is 0 Å². The lowest BCUT2D eigenvalue weighted by Gasteiger charge is -2.10. The molecule has 4 nitrogen and oxygen atoms in total. The van der Waals surface area contributed by atoms with Gasteiger partial charge in [-0.25, -0.2) is 8.42 Å². The molecule has 0 aliphatic heterocycles. The van der Waals surface area contributed by atoms with Crippen molar-refractivity contribution >= 4 is 21.9 Å². The Morgan fingerprint density at radius 1 is 1.18 bits per heavy atom. The van der Waals surface area contributed by atoms with E-state index in [1.54, 1.807) is 6.08 Å². The number of sulfone groups is 1. The van der Waals surface area contributed by atoms with Gasteiger partial charge < -0.3 is 4.74 Å². The lowest BCUT2D eigenvalue weighted by molar-refractivity contribution is -0.141. The minimum Gasteiger partial charge on any atom is -0.461 e. The molecule has 1 fully saturated rings. The maximum Gasteiger partial charge on any atom is 0.307 e. The molecule has 0 aromatic heterocycles. The Morgan fingerprint density at radius 2 is 1.86 bits per heavy atom. The van der Waals surface area contributed by atoms with Gasteiger partial charge in [0.25, 0.3) is 0 Å². The Hall–Kier alpha value is -1.62. The molecule has 1 saturated carbocycles. The molecule has 120 valence electrons. The van der Waals surface area contributed by atoms with Gasteiger partial charge in [0, 0.05) is 0 Å². The molecule has 0 N–H and O–H groups in total. The number of ether oxygens (including phenoxy) is 1. The Labute approximate surface area is 132 Å². The van der Waals surface area contributed by atoms with Crippen molar-refractivity contribution in [1.82, 2.24) is 0 Å². The van der Waals surface area contributed by atoms with Gasteiger partial charge in [0.1, 0.15) is 6.61 Å². The van der Waals surface area contributed by atoms with Crippen LogP contribution in [0.2, 0.25) is 0 Å². The second-order valence-electron chi connectivity index (χ2n) is 5.52. The predicted octanol–water partition coefficient (Wildman–Crippen LogP) is 2.99. The number of hydrogen-bond acceptors (Lipinski definition) is 4. The highest BCUT2D eigenvalue weighted by Crippen LogP contribution is 2.25. The van der Waals surface area contributed by atoms with Crippen molar-refractivity contribution in [1.29, 1.82) is 0 Å². The number of carbonyl (C=O) groups excluding carboxylic acids is 1. The van der Waals surface area contributed by atoms with Gasteiger partial charge >= 0.3 is 5.97 Å². The zero-order valence-electron chi connectivity index (χ0n) is 12.6. The lowest BCUT2D eigenvalue weighted by Crippen LogP contribution is -2.23. The summed E-state index contributed by atoms with van der Waals surface area (Å²) >= 11 is 0. The van der Waals surface area contributed by atoms with Gasteiger partial charge in [-0.3, -0.25) is 4.79 Å². The summed E-state index contributed by atoms with van der Waals surface area (Å²) < 4.78 is 29.1. The number of carbonyl (C=O) groups is 1. The van der Waals surface area contributed by atoms with Crippen LogP contribution < -0.4 is 0 Å². The highest BCUT2D eigenvalue weighted by Gasteiger charge is 2.28. The Kier molecular flexibility index (Phi) is 6.19. The first-order valence-corrected chi connectivity index (χ1v) is 9.38. The van der Waals surface area contributed by atoms with E-state index in [0.29, 0.717) is 0 Å². The Morgan fingerprint density at radius 3 is 2.55 bits per heavy atom. The lowest BCUT2D eigenvalue weighted by atomic mass is 10.2. The SMILES string of the molecule is O=C(CCS(=O)(=O)C1CCCC1)OC/C=C/c1ccccc1. The molecule has 2 rings (SSSR count). The van der Waals surface area contributed by atoms with Crippen molar-refractivity contribution in [2.24, 2.45) is 0 Å². The molecule has 5 heteroatoms. The molecule has 0 atom stereocenters. The summed E-state index contributed by atoms with van der Waals surface area (Å²) in [6, 6.07) is 9.69. The van der Waals surface area contributed by atoms with Crippen molar-refractivity contribution in [2.75, 3.05) is 12.4 Å². The van der Waals surface area contributed by atoms with Gasteiger partial charge in [-0.05, 0) is 24.5 Å². The van der Waals surface area contributed by atoms with E-state index < -0.39 is 15.8 Å². The van der Waals surface area contributed by atoms with E-state index in [1.807, 2.05) is 36.4 Å². The van der Waals surface area contributed by atoms with Crippen LogP contribution in [0.5, 0.6) is 0 Å². The van der Waals surface area contributed by atoms with E-state index in [9.17, 15) is 13.2 Å². The summed E-state index contributed by atoms with van der Waals surface area (Å²) in [6.07, 6.45) is 6.96. The van der Waals surface area contributed by atoms with E-state index in [2.05, 4.69) is 0 Å². The van der Waals surface area contributed by atoms with Crippen LogP contribution in [0.25, 0.3) is 6.08 Å². The molecule has 0 spiro atoms. The molecule has 0 bridgehead atoms. The van der Waals surface area contributed by atoms with Crippen molar-refractivity contribution < 1.29 is 17.9 Å². The Balaban J connectivity index is 1.69. The minimum absolute atomic E-state index is 0.0575. The average Bonchev–Trinajstić information content (AvgIpc) is 3.06. The first kappa shape index (κ1) is 16.7. The van der Waals surface area contributed by atoms with Crippen LogP contribution in [-0.4, -0.2) is 32.0 Å². The van der Waals surface area contributed by atoms with Crippen LogP contribution >= 0.6 is 0 Å². The van der Waals surface area contributed by atoms with Gasteiger partial charge in [0.15, 0.2) is 9.84 Å². The summed E-state index contributed by atoms with van der Waals surface area (Å²) in [4.78, 5) is 11.6. The standard InChI is InChI=1S/C17H22O4S/c18-17(12-14-22(19,20)16-10-4-5-11-16)21-13-6-9-15-7-2-1-3-8-15/h1-3,6-9,16H,4-5,10-14H2/b9-6+. The highest BCUT2D eigenvalue weighted by molar-refractivity contribution is 7.92. The van der Waals surface area contributed by atoms with Gasteiger partial charge in [0.05, 0.1) is 17.4 Å². The molecule has 1 aliphatic carbocycles. The van der Waals surface area contributed by atoms with E-state index in [4.69, 9.17) is 4.74 Å². The largest absolute Gasteiger partial charge is 0.461 e. The first-order valence-electron chi connectivity index (χ1n) is 7.67. The van der Waals surface area contributed by atoms with E-state index >= 15 is 0 Å². The third-order valence-electron chi connectivity index (χ3n) is 3.85. The summed E-state index contributed by atoms with van der Waals surface area (Å²) in [5.74, 6) is -0.557. The first-order chi connectivity index (χ1) is 10.6. The smallest absolute Gasteiger partial charge is 0.307 e. The second-order valence-corrected chi connectivity index (χ2v) is 7.92. The number of hydrogen-bond donors (Lipinski definition) is 0. The molecular weight excluding hydrogens is 300 g/mol. The fourth-order valence-electron chi connectivity index (χ4n) is 2.60. The fourth-order valence-corrected chi connectivity index (χ4v) is 4.44. The third-order valence-corrected chi connectivity index (χ3v) is 6.11. The average molecular weight is 322 g/mol. The molecule has 0 unspecified atom stereocenters. The second kappa shape index (κ2) is 8.13. The monoisotopic (exact) mass is 322 g/mol. The molecule has 0 heterocycles. The quantitative estimate of drug-likeness (QED) is 0.724. The molecule has 22 heavy (non-hydrogen) atoms. The zero-order valence-corrected chi connectivity index (χ0v) is 13.4. The van der Waals surface area contributed by atoms with Crippen molar-refractivity contribution in [2.45, 2.75) is 37.4 Å². The molecule has 0 amide bonds. The Bertz CT molecular complexity index is 599. The molecule has 1 aromatic carbocycles. The van der Waals surface area contributed by atoms with E-state index in [-0.39, 0.29) is 24.0 Å². The molecule has 1 aromatic rings. The normalized spacial score (nSPS) is 16.2. The summed E-state index contributed by atoms with van der Waals surface area (Å²) in [5.41, 5.74) is 1.03. The van der Waals surface area contributed by atoms with Crippen LogP contribution in [0.15, 0.2) is 36.4 Å².